The molecule has 4 rings (SSSR count). The number of anilines is 2. The van der Waals surface area contributed by atoms with E-state index in [4.69, 9.17) is 25.8 Å². The van der Waals surface area contributed by atoms with E-state index >= 15 is 0 Å². The lowest BCUT2D eigenvalue weighted by Crippen LogP contribution is -2.21. The fourth-order valence-corrected chi connectivity index (χ4v) is 4.82. The highest BCUT2D eigenvalue weighted by molar-refractivity contribution is 7.13. The largest absolute Gasteiger partial charge is 0.493 e. The van der Waals surface area contributed by atoms with Gasteiger partial charge in [-0.3, -0.25) is 0 Å². The fourth-order valence-electron chi connectivity index (χ4n) is 3.67. The molecule has 0 aliphatic carbocycles. The third-order valence-corrected chi connectivity index (χ3v) is 6.71. The summed E-state index contributed by atoms with van der Waals surface area (Å²) in [6, 6.07) is 4.83. The van der Waals surface area contributed by atoms with Gasteiger partial charge < -0.3 is 34.7 Å². The molecule has 2 heterocycles. The molecule has 0 bridgehead atoms. The van der Waals surface area contributed by atoms with Crippen molar-refractivity contribution in [1.29, 1.82) is 0 Å². The summed E-state index contributed by atoms with van der Waals surface area (Å²) in [5, 5.41) is 16.0. The van der Waals surface area contributed by atoms with Crippen molar-refractivity contribution in [3.05, 3.63) is 62.1 Å². The SMILES string of the molecule is COC(=O)c1scc(NC(=O)Nc2cc(OCc3ccc(Cl)c4c3OCC4)c(OC)cc2F)c1C(=O)O. The van der Waals surface area contributed by atoms with Crippen LogP contribution in [0.2, 0.25) is 5.02 Å². The smallest absolute Gasteiger partial charge is 0.349 e. The number of aromatic carboxylic acids is 1. The molecule has 1 aromatic heterocycles. The van der Waals surface area contributed by atoms with E-state index in [1.807, 2.05) is 0 Å². The molecule has 10 nitrogen and oxygen atoms in total. The van der Waals surface area contributed by atoms with Crippen LogP contribution in [0.15, 0.2) is 29.6 Å². The van der Waals surface area contributed by atoms with Gasteiger partial charge in [-0.15, -0.1) is 11.3 Å². The minimum Gasteiger partial charge on any atom is -0.493 e. The molecule has 0 unspecified atom stereocenters. The van der Waals surface area contributed by atoms with Crippen molar-refractivity contribution in [1.82, 2.24) is 0 Å². The van der Waals surface area contributed by atoms with Gasteiger partial charge in [0.05, 0.1) is 32.2 Å². The van der Waals surface area contributed by atoms with Crippen molar-refractivity contribution in [2.75, 3.05) is 31.5 Å². The maximum absolute atomic E-state index is 14.7. The van der Waals surface area contributed by atoms with Gasteiger partial charge in [-0.1, -0.05) is 17.7 Å². The zero-order chi connectivity index (χ0) is 26.7. The average Bonchev–Trinajstić information content (AvgIpc) is 3.53. The molecule has 13 heteroatoms. The maximum atomic E-state index is 14.7. The molecule has 37 heavy (non-hydrogen) atoms. The Hall–Kier alpha value is -4.03. The molecule has 2 aromatic carbocycles. The lowest BCUT2D eigenvalue weighted by Gasteiger charge is -2.15. The summed E-state index contributed by atoms with van der Waals surface area (Å²) in [6.45, 7) is 0.560. The van der Waals surface area contributed by atoms with Crippen LogP contribution in [-0.2, 0) is 17.8 Å². The summed E-state index contributed by atoms with van der Waals surface area (Å²) in [5.74, 6) is -2.27. The number of carbonyl (C=O) groups excluding carboxylic acids is 2. The van der Waals surface area contributed by atoms with Gasteiger partial charge in [0, 0.05) is 40.1 Å². The van der Waals surface area contributed by atoms with Gasteiger partial charge in [-0.05, 0) is 6.07 Å². The fraction of sp³-hybridized carbons (Fsp3) is 0.208. The van der Waals surface area contributed by atoms with Crippen LogP contribution in [0.5, 0.6) is 17.2 Å². The van der Waals surface area contributed by atoms with Crippen molar-refractivity contribution in [3.8, 4) is 17.2 Å². The minimum absolute atomic E-state index is 0.0559. The Morgan fingerprint density at radius 1 is 1.16 bits per heavy atom. The van der Waals surface area contributed by atoms with Gasteiger partial charge in [0.15, 0.2) is 17.3 Å². The number of methoxy groups -OCH3 is 2. The number of thiophene rings is 1. The predicted octanol–water partition coefficient (Wildman–Crippen LogP) is 5.19. The second kappa shape index (κ2) is 10.9. The first kappa shape index (κ1) is 26.0. The van der Waals surface area contributed by atoms with Crippen LogP contribution in [-0.4, -0.2) is 43.9 Å². The van der Waals surface area contributed by atoms with E-state index in [-0.39, 0.29) is 34.4 Å². The van der Waals surface area contributed by atoms with Gasteiger partial charge in [0.1, 0.15) is 22.8 Å². The number of ether oxygens (including phenoxy) is 4. The van der Waals surface area contributed by atoms with Gasteiger partial charge in [-0.25, -0.2) is 18.8 Å². The van der Waals surface area contributed by atoms with E-state index in [2.05, 4.69) is 15.4 Å². The van der Waals surface area contributed by atoms with Gasteiger partial charge >= 0.3 is 18.0 Å². The first-order valence-electron chi connectivity index (χ1n) is 10.7. The molecule has 0 radical (unpaired) electrons. The predicted molar refractivity (Wildman–Crippen MR) is 133 cm³/mol. The maximum Gasteiger partial charge on any atom is 0.349 e. The third-order valence-electron chi connectivity index (χ3n) is 5.39. The molecule has 0 saturated heterocycles. The van der Waals surface area contributed by atoms with E-state index in [9.17, 15) is 23.9 Å². The Labute approximate surface area is 218 Å². The Morgan fingerprint density at radius 3 is 2.62 bits per heavy atom. The molecular formula is C24H20ClFN2O8S. The number of fused-ring (bicyclic) bond motifs is 1. The normalized spacial score (nSPS) is 11.8. The molecule has 0 spiro atoms. The number of halogens is 2. The summed E-state index contributed by atoms with van der Waals surface area (Å²) in [4.78, 5) is 35.8. The zero-order valence-corrected chi connectivity index (χ0v) is 21.0. The lowest BCUT2D eigenvalue weighted by molar-refractivity contribution is 0.0589. The van der Waals surface area contributed by atoms with Gasteiger partial charge in [0.2, 0.25) is 0 Å². The highest BCUT2D eigenvalue weighted by atomic mass is 35.5. The Morgan fingerprint density at radius 2 is 1.92 bits per heavy atom. The molecule has 1 aliphatic rings. The minimum atomic E-state index is -1.44. The van der Waals surface area contributed by atoms with Crippen LogP contribution in [0.4, 0.5) is 20.6 Å². The monoisotopic (exact) mass is 550 g/mol. The zero-order valence-electron chi connectivity index (χ0n) is 19.5. The molecule has 0 saturated carbocycles. The van der Waals surface area contributed by atoms with Crippen LogP contribution in [0.3, 0.4) is 0 Å². The average molecular weight is 551 g/mol. The third kappa shape index (κ3) is 5.39. The number of rotatable bonds is 8. The van der Waals surface area contributed by atoms with Crippen molar-refractivity contribution in [3.63, 3.8) is 0 Å². The Kier molecular flexibility index (Phi) is 7.69. The quantitative estimate of drug-likeness (QED) is 0.326. The first-order valence-corrected chi connectivity index (χ1v) is 11.9. The summed E-state index contributed by atoms with van der Waals surface area (Å²) in [5.41, 5.74) is 0.764. The molecular weight excluding hydrogens is 531 g/mol. The molecule has 0 fully saturated rings. The van der Waals surface area contributed by atoms with Gasteiger partial charge in [0.25, 0.3) is 0 Å². The van der Waals surface area contributed by atoms with E-state index < -0.39 is 29.4 Å². The number of carboxylic acids is 1. The van der Waals surface area contributed by atoms with Crippen molar-refractivity contribution >= 4 is 52.3 Å². The number of urea groups is 1. The van der Waals surface area contributed by atoms with Crippen LogP contribution >= 0.6 is 22.9 Å². The summed E-state index contributed by atoms with van der Waals surface area (Å²) in [6.07, 6.45) is 0.680. The van der Waals surface area contributed by atoms with E-state index in [1.54, 1.807) is 12.1 Å². The van der Waals surface area contributed by atoms with Crippen LogP contribution in [0.25, 0.3) is 0 Å². The molecule has 3 aromatic rings. The Bertz CT molecular complexity index is 1390. The first-order chi connectivity index (χ1) is 17.7. The van der Waals surface area contributed by atoms with E-state index in [1.165, 1.54) is 18.6 Å². The number of nitrogens with one attached hydrogen (secondary N) is 2. The number of benzene rings is 2. The van der Waals surface area contributed by atoms with Crippen molar-refractivity contribution in [2.45, 2.75) is 13.0 Å². The molecule has 3 N–H and O–H groups in total. The summed E-state index contributed by atoms with van der Waals surface area (Å²) in [7, 11) is 2.44. The molecule has 1 aliphatic heterocycles. The second-order valence-corrected chi connectivity index (χ2v) is 8.90. The standard InChI is InChI=1S/C24H20ClFN2O8S/c1-33-17-7-14(26)15(8-18(17)36-9-11-3-4-13(25)12-5-6-35-20(11)12)27-24(32)28-16-10-37-21(23(31)34-2)19(16)22(29)30/h3-4,7-8,10H,5-6,9H2,1-2H3,(H,29,30)(H2,27,28,32). The Balaban J connectivity index is 1.53. The number of hydrogen-bond donors (Lipinski definition) is 3. The summed E-state index contributed by atoms with van der Waals surface area (Å²) < 4.78 is 36.0. The number of esters is 1. The van der Waals surface area contributed by atoms with Gasteiger partial charge in [-0.2, -0.15) is 0 Å². The number of carbonyl (C=O) groups is 3. The second-order valence-electron chi connectivity index (χ2n) is 7.61. The molecule has 0 atom stereocenters. The molecule has 2 amide bonds. The highest BCUT2D eigenvalue weighted by Crippen LogP contribution is 2.38. The van der Waals surface area contributed by atoms with Crippen molar-refractivity contribution in [2.24, 2.45) is 0 Å². The highest BCUT2D eigenvalue weighted by Gasteiger charge is 2.26. The molecule has 194 valence electrons. The number of hydrogen-bond acceptors (Lipinski definition) is 8. The lowest BCUT2D eigenvalue weighted by atomic mass is 10.1. The number of amides is 2. The van der Waals surface area contributed by atoms with Crippen LogP contribution in [0.1, 0.15) is 31.2 Å². The van der Waals surface area contributed by atoms with Crippen molar-refractivity contribution < 1.29 is 42.8 Å². The van der Waals surface area contributed by atoms with E-state index in [0.29, 0.717) is 23.8 Å². The topological polar surface area (TPSA) is 132 Å². The summed E-state index contributed by atoms with van der Waals surface area (Å²) >= 11 is 7.00. The van der Waals surface area contributed by atoms with Crippen LogP contribution in [0, 0.1) is 5.82 Å². The van der Waals surface area contributed by atoms with E-state index in [0.717, 1.165) is 35.6 Å². The van der Waals surface area contributed by atoms with Crippen LogP contribution < -0.4 is 24.8 Å². The number of carboxylic acid groups (broad SMARTS) is 1.